The molecule has 0 saturated heterocycles. The second kappa shape index (κ2) is 6.70. The van der Waals surface area contributed by atoms with Crippen LogP contribution in [0.1, 0.15) is 44.3 Å². The third-order valence-electron chi connectivity index (χ3n) is 3.72. The van der Waals surface area contributed by atoms with Crippen LogP contribution in [0, 0.1) is 5.92 Å². The van der Waals surface area contributed by atoms with Crippen molar-refractivity contribution in [1.29, 1.82) is 0 Å². The highest BCUT2D eigenvalue weighted by molar-refractivity contribution is 5.25. The molecule has 2 rings (SSSR count). The van der Waals surface area contributed by atoms with Crippen LogP contribution < -0.4 is 14.8 Å². The second-order valence-corrected chi connectivity index (χ2v) is 4.95. The minimum absolute atomic E-state index is 0.212. The van der Waals surface area contributed by atoms with E-state index in [2.05, 4.69) is 22.2 Å². The lowest BCUT2D eigenvalue weighted by Gasteiger charge is -2.30. The van der Waals surface area contributed by atoms with Crippen LogP contribution in [0.5, 0.6) is 11.8 Å². The van der Waals surface area contributed by atoms with Crippen LogP contribution in [0.2, 0.25) is 0 Å². The lowest BCUT2D eigenvalue weighted by Crippen LogP contribution is -2.27. The van der Waals surface area contributed by atoms with Crippen molar-refractivity contribution < 1.29 is 9.47 Å². The Labute approximate surface area is 114 Å². The molecule has 1 aliphatic rings. The fourth-order valence-corrected chi connectivity index (χ4v) is 2.45. The lowest BCUT2D eigenvalue weighted by molar-refractivity contribution is 0.255. The average Bonchev–Trinajstić information content (AvgIpc) is 2.40. The third kappa shape index (κ3) is 3.35. The summed E-state index contributed by atoms with van der Waals surface area (Å²) in [6, 6.07) is 0.212. The van der Waals surface area contributed by atoms with Crippen molar-refractivity contribution in [3.05, 3.63) is 11.9 Å². The number of aromatic nitrogens is 2. The summed E-state index contributed by atoms with van der Waals surface area (Å²) in [6.45, 7) is 3.02. The van der Waals surface area contributed by atoms with Gasteiger partial charge in [0.05, 0.1) is 26.5 Å². The van der Waals surface area contributed by atoms with Gasteiger partial charge in [-0.2, -0.15) is 4.98 Å². The van der Waals surface area contributed by atoms with Gasteiger partial charge in [-0.05, 0) is 18.9 Å². The third-order valence-corrected chi connectivity index (χ3v) is 3.72. The molecule has 1 atom stereocenters. The summed E-state index contributed by atoms with van der Waals surface area (Å²) in [7, 11) is 3.21. The normalized spacial score (nSPS) is 16.8. The van der Waals surface area contributed by atoms with Crippen molar-refractivity contribution in [3.8, 4) is 11.8 Å². The number of methoxy groups -OCH3 is 2. The van der Waals surface area contributed by atoms with Crippen LogP contribution in [0.4, 0.5) is 0 Å². The molecule has 1 unspecified atom stereocenters. The van der Waals surface area contributed by atoms with Gasteiger partial charge in [0.25, 0.3) is 0 Å². The fourth-order valence-electron chi connectivity index (χ4n) is 2.45. The zero-order valence-electron chi connectivity index (χ0n) is 12.0. The molecule has 106 valence electrons. The standard InChI is InChI=1S/C14H23N3O2/c1-4-15-11(8-10-6-5-7-10)13-14(19-3)17-12(18-2)9-16-13/h9-11,15H,4-8H2,1-3H3. The average molecular weight is 265 g/mol. The zero-order valence-corrected chi connectivity index (χ0v) is 12.0. The van der Waals surface area contributed by atoms with Crippen LogP contribution in [0.25, 0.3) is 0 Å². The number of nitrogens with zero attached hydrogens (tertiary/aromatic N) is 2. The molecule has 0 amide bonds. The van der Waals surface area contributed by atoms with E-state index in [0.717, 1.165) is 24.6 Å². The van der Waals surface area contributed by atoms with Crippen LogP contribution in [0.15, 0.2) is 6.20 Å². The number of rotatable bonds is 7. The van der Waals surface area contributed by atoms with Gasteiger partial charge in [-0.25, -0.2) is 4.98 Å². The second-order valence-electron chi connectivity index (χ2n) is 4.95. The summed E-state index contributed by atoms with van der Waals surface area (Å²) in [4.78, 5) is 8.79. The van der Waals surface area contributed by atoms with Crippen LogP contribution in [0.3, 0.4) is 0 Å². The van der Waals surface area contributed by atoms with E-state index < -0.39 is 0 Å². The van der Waals surface area contributed by atoms with E-state index in [4.69, 9.17) is 9.47 Å². The molecule has 19 heavy (non-hydrogen) atoms. The number of hydrogen-bond donors (Lipinski definition) is 1. The molecule has 1 aliphatic carbocycles. The van der Waals surface area contributed by atoms with Gasteiger partial charge in [-0.15, -0.1) is 0 Å². The molecule has 1 aromatic heterocycles. The Morgan fingerprint density at radius 3 is 2.68 bits per heavy atom. The maximum atomic E-state index is 5.35. The van der Waals surface area contributed by atoms with E-state index in [1.807, 2.05) is 0 Å². The molecule has 5 nitrogen and oxygen atoms in total. The Kier molecular flexibility index (Phi) is 4.96. The van der Waals surface area contributed by atoms with Crippen LogP contribution in [-0.2, 0) is 0 Å². The minimum Gasteiger partial charge on any atom is -0.480 e. The van der Waals surface area contributed by atoms with Gasteiger partial charge in [-0.3, -0.25) is 0 Å². The fraction of sp³-hybridized carbons (Fsp3) is 0.714. The maximum absolute atomic E-state index is 5.35. The van der Waals surface area contributed by atoms with E-state index in [0.29, 0.717) is 11.8 Å². The highest BCUT2D eigenvalue weighted by atomic mass is 16.5. The molecule has 0 radical (unpaired) electrons. The first-order valence-corrected chi connectivity index (χ1v) is 6.96. The van der Waals surface area contributed by atoms with Crippen LogP contribution in [-0.4, -0.2) is 30.7 Å². The van der Waals surface area contributed by atoms with E-state index >= 15 is 0 Å². The number of hydrogen-bond acceptors (Lipinski definition) is 5. The van der Waals surface area contributed by atoms with E-state index in [1.54, 1.807) is 20.4 Å². The highest BCUT2D eigenvalue weighted by Crippen LogP contribution is 2.36. The lowest BCUT2D eigenvalue weighted by atomic mass is 9.80. The molecule has 0 aliphatic heterocycles. The molecular formula is C14H23N3O2. The molecule has 1 N–H and O–H groups in total. The SMILES string of the molecule is CCNC(CC1CCC1)c1ncc(OC)nc1OC. The van der Waals surface area contributed by atoms with Gasteiger partial charge in [-0.1, -0.05) is 26.2 Å². The summed E-state index contributed by atoms with van der Waals surface area (Å²) in [6.07, 6.45) is 6.77. The topological polar surface area (TPSA) is 56.3 Å². The van der Waals surface area contributed by atoms with Gasteiger partial charge in [0.15, 0.2) is 0 Å². The van der Waals surface area contributed by atoms with Gasteiger partial charge in [0, 0.05) is 0 Å². The van der Waals surface area contributed by atoms with Crippen molar-refractivity contribution >= 4 is 0 Å². The van der Waals surface area contributed by atoms with Gasteiger partial charge in [0.2, 0.25) is 11.8 Å². The van der Waals surface area contributed by atoms with Crippen molar-refractivity contribution in [1.82, 2.24) is 15.3 Å². The van der Waals surface area contributed by atoms with Gasteiger partial charge < -0.3 is 14.8 Å². The van der Waals surface area contributed by atoms with E-state index in [9.17, 15) is 0 Å². The first-order chi connectivity index (χ1) is 9.28. The Morgan fingerprint density at radius 2 is 2.16 bits per heavy atom. The summed E-state index contributed by atoms with van der Waals surface area (Å²) in [5.41, 5.74) is 0.886. The predicted octanol–water partition coefficient (Wildman–Crippen LogP) is 2.33. The Balaban J connectivity index is 2.18. The molecule has 1 fully saturated rings. The highest BCUT2D eigenvalue weighted by Gasteiger charge is 2.26. The Hall–Kier alpha value is -1.36. The minimum atomic E-state index is 0.212. The zero-order chi connectivity index (χ0) is 13.7. The Bertz CT molecular complexity index is 408. The summed E-state index contributed by atoms with van der Waals surface area (Å²) in [5, 5.41) is 3.49. The molecule has 0 bridgehead atoms. The van der Waals surface area contributed by atoms with Crippen molar-refractivity contribution in [3.63, 3.8) is 0 Å². The Morgan fingerprint density at radius 1 is 1.37 bits per heavy atom. The molecule has 0 aromatic carbocycles. The van der Waals surface area contributed by atoms with Crippen molar-refractivity contribution in [2.45, 2.75) is 38.6 Å². The number of nitrogens with one attached hydrogen (secondary N) is 1. The first-order valence-electron chi connectivity index (χ1n) is 6.96. The summed E-state index contributed by atoms with van der Waals surface area (Å²) in [5.74, 6) is 1.85. The molecule has 0 spiro atoms. The molecule has 1 saturated carbocycles. The molecule has 5 heteroatoms. The van der Waals surface area contributed by atoms with Crippen LogP contribution >= 0.6 is 0 Å². The predicted molar refractivity (Wildman–Crippen MR) is 73.5 cm³/mol. The first kappa shape index (κ1) is 14.1. The van der Waals surface area contributed by atoms with Gasteiger partial charge >= 0.3 is 0 Å². The summed E-state index contributed by atoms with van der Waals surface area (Å²) >= 11 is 0. The molecule has 1 aromatic rings. The monoisotopic (exact) mass is 265 g/mol. The van der Waals surface area contributed by atoms with E-state index in [-0.39, 0.29) is 6.04 Å². The smallest absolute Gasteiger partial charge is 0.240 e. The maximum Gasteiger partial charge on any atom is 0.240 e. The summed E-state index contributed by atoms with van der Waals surface area (Å²) < 4.78 is 10.4. The molecule has 1 heterocycles. The quantitative estimate of drug-likeness (QED) is 0.820. The van der Waals surface area contributed by atoms with Crippen molar-refractivity contribution in [2.75, 3.05) is 20.8 Å². The largest absolute Gasteiger partial charge is 0.480 e. The number of ether oxygens (including phenoxy) is 2. The van der Waals surface area contributed by atoms with Gasteiger partial charge in [0.1, 0.15) is 5.69 Å². The van der Waals surface area contributed by atoms with Crippen molar-refractivity contribution in [2.24, 2.45) is 5.92 Å². The van der Waals surface area contributed by atoms with E-state index in [1.165, 1.54) is 19.3 Å². The molecular weight excluding hydrogens is 242 g/mol.